The van der Waals surface area contributed by atoms with E-state index in [0.717, 1.165) is 53.2 Å². The highest BCUT2D eigenvalue weighted by atomic mass is 35.5. The van der Waals surface area contributed by atoms with Gasteiger partial charge in [0.05, 0.1) is 18.9 Å². The minimum absolute atomic E-state index is 0.0653. The number of anilines is 2. The number of fused-ring (bicyclic) bond motifs is 1. The molecule has 144 valence electrons. The molecule has 1 aliphatic rings. The number of nitrogens with zero attached hydrogens (tertiary/aromatic N) is 1. The first-order chi connectivity index (χ1) is 13.7. The number of halogens is 1. The third kappa shape index (κ3) is 3.90. The second kappa shape index (κ2) is 8.31. The molecule has 0 atom stereocenters. The fourth-order valence-corrected chi connectivity index (χ4v) is 3.90. The monoisotopic (exact) mass is 394 g/mol. The fourth-order valence-electron chi connectivity index (χ4n) is 3.71. The van der Waals surface area contributed by atoms with Crippen molar-refractivity contribution in [2.75, 3.05) is 18.5 Å². The van der Waals surface area contributed by atoms with Gasteiger partial charge >= 0.3 is 0 Å². The Morgan fingerprint density at radius 2 is 1.79 bits per heavy atom. The van der Waals surface area contributed by atoms with Crippen LogP contribution in [0.3, 0.4) is 0 Å². The van der Waals surface area contributed by atoms with E-state index in [-0.39, 0.29) is 19.1 Å². The van der Waals surface area contributed by atoms with Gasteiger partial charge in [-0.3, -0.25) is 4.98 Å². The van der Waals surface area contributed by atoms with Gasteiger partial charge in [0.25, 0.3) is 0 Å². The third-order valence-corrected chi connectivity index (χ3v) is 5.51. The topological polar surface area (TPSA) is 65.4 Å². The molecule has 1 aliphatic carbocycles. The van der Waals surface area contributed by atoms with Crippen molar-refractivity contribution in [3.63, 3.8) is 0 Å². The number of hydrogen-bond acceptors (Lipinski definition) is 4. The summed E-state index contributed by atoms with van der Waals surface area (Å²) in [6.07, 6.45) is 3.13. The van der Waals surface area contributed by atoms with E-state index in [9.17, 15) is 10.2 Å². The maximum absolute atomic E-state index is 9.36. The largest absolute Gasteiger partial charge is 0.396 e. The molecule has 3 aromatic rings. The molecule has 1 aromatic heterocycles. The Morgan fingerprint density at radius 3 is 2.50 bits per heavy atom. The van der Waals surface area contributed by atoms with Crippen molar-refractivity contribution in [3.8, 4) is 11.3 Å². The Bertz CT molecular complexity index is 969. The van der Waals surface area contributed by atoms with Crippen LogP contribution in [-0.4, -0.2) is 28.4 Å². The van der Waals surface area contributed by atoms with Gasteiger partial charge < -0.3 is 15.5 Å². The second-order valence-electron chi connectivity index (χ2n) is 7.15. The Hall–Kier alpha value is -2.40. The lowest BCUT2D eigenvalue weighted by Gasteiger charge is -2.15. The van der Waals surface area contributed by atoms with Gasteiger partial charge in [0.1, 0.15) is 0 Å². The second-order valence-corrected chi connectivity index (χ2v) is 7.59. The molecule has 0 bridgehead atoms. The summed E-state index contributed by atoms with van der Waals surface area (Å²) in [5.41, 5.74) is 7.32. The summed E-state index contributed by atoms with van der Waals surface area (Å²) in [6, 6.07) is 17.7. The summed E-state index contributed by atoms with van der Waals surface area (Å²) >= 11 is 6.17. The smallest absolute Gasteiger partial charge is 0.0726 e. The molecule has 0 saturated carbocycles. The summed E-state index contributed by atoms with van der Waals surface area (Å²) in [5, 5.41) is 22.9. The Kier molecular flexibility index (Phi) is 5.62. The number of hydrogen-bond donors (Lipinski definition) is 3. The average molecular weight is 395 g/mol. The van der Waals surface area contributed by atoms with Crippen LogP contribution in [0.15, 0.2) is 54.6 Å². The number of pyridine rings is 1. The van der Waals surface area contributed by atoms with Crippen LogP contribution < -0.4 is 5.32 Å². The van der Waals surface area contributed by atoms with Crippen LogP contribution in [0, 0.1) is 0 Å². The van der Waals surface area contributed by atoms with Crippen molar-refractivity contribution in [2.24, 2.45) is 0 Å². The van der Waals surface area contributed by atoms with Gasteiger partial charge in [-0.05, 0) is 60.7 Å². The fraction of sp³-hybridized carbons (Fsp3) is 0.261. The number of nitrogens with one attached hydrogen (secondary N) is 1. The molecular formula is C23H23ClN2O2. The van der Waals surface area contributed by atoms with Crippen molar-refractivity contribution in [3.05, 3.63) is 76.4 Å². The number of aromatic nitrogens is 1. The summed E-state index contributed by atoms with van der Waals surface area (Å²) in [4.78, 5) is 4.87. The molecule has 0 saturated heterocycles. The number of aliphatic hydroxyl groups excluding tert-OH is 2. The van der Waals surface area contributed by atoms with Crippen LogP contribution in [0.1, 0.15) is 29.2 Å². The van der Waals surface area contributed by atoms with E-state index in [0.29, 0.717) is 5.02 Å². The van der Waals surface area contributed by atoms with Crippen LogP contribution in [0.4, 0.5) is 11.4 Å². The van der Waals surface area contributed by atoms with Gasteiger partial charge in [0.2, 0.25) is 0 Å². The van der Waals surface area contributed by atoms with E-state index in [4.69, 9.17) is 16.6 Å². The predicted octanol–water partition coefficient (Wildman–Crippen LogP) is 4.70. The molecule has 4 rings (SSSR count). The van der Waals surface area contributed by atoms with Gasteiger partial charge in [-0.2, -0.15) is 0 Å². The van der Waals surface area contributed by atoms with Crippen molar-refractivity contribution in [1.82, 2.24) is 4.98 Å². The zero-order valence-corrected chi connectivity index (χ0v) is 16.3. The molecule has 1 heterocycles. The number of benzene rings is 2. The Balaban J connectivity index is 1.66. The SMILES string of the molecule is OCC(CO)c1ccc(Nc2cc(-c3cccc(Cl)c3)nc3c2CCC3)cc1. The zero-order chi connectivity index (χ0) is 19.5. The van der Waals surface area contributed by atoms with Crippen molar-refractivity contribution >= 4 is 23.0 Å². The summed E-state index contributed by atoms with van der Waals surface area (Å²) in [6.45, 7) is -0.131. The first-order valence-corrected chi connectivity index (χ1v) is 9.93. The first-order valence-electron chi connectivity index (χ1n) is 9.55. The van der Waals surface area contributed by atoms with Crippen LogP contribution in [0.2, 0.25) is 5.02 Å². The van der Waals surface area contributed by atoms with Crippen LogP contribution in [0.5, 0.6) is 0 Å². The standard InChI is InChI=1S/C23H23ClN2O2/c24-18-4-1-3-16(11-18)22-12-23(20-5-2-6-21(20)26-22)25-19-9-7-15(8-10-19)17(13-27)14-28/h1,3-4,7-12,17,27-28H,2,5-6,13-14H2,(H,25,26). The molecule has 4 nitrogen and oxygen atoms in total. The summed E-state index contributed by atoms with van der Waals surface area (Å²) < 4.78 is 0. The summed E-state index contributed by atoms with van der Waals surface area (Å²) in [7, 11) is 0. The first kappa shape index (κ1) is 18.9. The maximum Gasteiger partial charge on any atom is 0.0726 e. The molecule has 3 N–H and O–H groups in total. The highest BCUT2D eigenvalue weighted by Gasteiger charge is 2.19. The third-order valence-electron chi connectivity index (χ3n) is 5.27. The van der Waals surface area contributed by atoms with E-state index in [1.54, 1.807) is 0 Å². The Morgan fingerprint density at radius 1 is 1.00 bits per heavy atom. The van der Waals surface area contributed by atoms with Gasteiger partial charge in [-0.15, -0.1) is 0 Å². The van der Waals surface area contributed by atoms with Crippen molar-refractivity contribution < 1.29 is 10.2 Å². The van der Waals surface area contributed by atoms with Crippen molar-refractivity contribution in [1.29, 1.82) is 0 Å². The molecular weight excluding hydrogens is 372 g/mol. The maximum atomic E-state index is 9.36. The van der Waals surface area contributed by atoms with Crippen LogP contribution >= 0.6 is 11.6 Å². The van der Waals surface area contributed by atoms with E-state index < -0.39 is 0 Å². The molecule has 0 spiro atoms. The highest BCUT2D eigenvalue weighted by Crippen LogP contribution is 2.34. The molecule has 5 heteroatoms. The minimum Gasteiger partial charge on any atom is -0.396 e. The van der Waals surface area contributed by atoms with Gasteiger partial charge in [0.15, 0.2) is 0 Å². The van der Waals surface area contributed by atoms with Crippen LogP contribution in [-0.2, 0) is 12.8 Å². The molecule has 28 heavy (non-hydrogen) atoms. The Labute approximate surface area is 169 Å². The van der Waals surface area contributed by atoms with E-state index in [2.05, 4.69) is 11.4 Å². The number of aliphatic hydroxyl groups is 2. The van der Waals surface area contributed by atoms with Crippen LogP contribution in [0.25, 0.3) is 11.3 Å². The normalized spacial score (nSPS) is 13.0. The molecule has 2 aromatic carbocycles. The van der Waals surface area contributed by atoms with Crippen molar-refractivity contribution in [2.45, 2.75) is 25.2 Å². The predicted molar refractivity (Wildman–Crippen MR) is 113 cm³/mol. The average Bonchev–Trinajstić information content (AvgIpc) is 3.19. The molecule has 0 fully saturated rings. The lowest BCUT2D eigenvalue weighted by Crippen LogP contribution is -2.08. The highest BCUT2D eigenvalue weighted by molar-refractivity contribution is 6.30. The number of aryl methyl sites for hydroxylation is 1. The quantitative estimate of drug-likeness (QED) is 0.566. The van der Waals surface area contributed by atoms with E-state index in [1.807, 2.05) is 48.5 Å². The van der Waals surface area contributed by atoms with Gasteiger partial charge in [-0.25, -0.2) is 0 Å². The molecule has 0 amide bonds. The molecule has 0 radical (unpaired) electrons. The molecule has 0 aliphatic heterocycles. The lowest BCUT2D eigenvalue weighted by molar-refractivity contribution is 0.192. The number of rotatable bonds is 6. The van der Waals surface area contributed by atoms with Gasteiger partial charge in [0, 0.05) is 33.6 Å². The lowest BCUT2D eigenvalue weighted by atomic mass is 10.0. The van der Waals surface area contributed by atoms with E-state index in [1.165, 1.54) is 5.56 Å². The summed E-state index contributed by atoms with van der Waals surface area (Å²) in [5.74, 6) is -0.242. The minimum atomic E-state index is -0.242. The van der Waals surface area contributed by atoms with E-state index >= 15 is 0 Å². The van der Waals surface area contributed by atoms with Gasteiger partial charge in [-0.1, -0.05) is 35.9 Å². The zero-order valence-electron chi connectivity index (χ0n) is 15.5. The molecule has 0 unspecified atom stereocenters.